The van der Waals surface area contributed by atoms with Gasteiger partial charge in [-0.1, -0.05) is 0 Å². The van der Waals surface area contributed by atoms with Gasteiger partial charge in [-0.2, -0.15) is 5.10 Å². The molecule has 1 saturated heterocycles. The molecule has 1 N–H and O–H groups in total. The zero-order valence-corrected chi connectivity index (χ0v) is 20.9. The number of sulfone groups is 1. The van der Waals surface area contributed by atoms with Gasteiger partial charge < -0.3 is 5.32 Å². The van der Waals surface area contributed by atoms with Gasteiger partial charge in [0, 0.05) is 31.7 Å². The molecule has 3 heterocycles. The molecule has 1 saturated carbocycles. The highest BCUT2D eigenvalue weighted by atomic mass is 32.2. The average Bonchev–Trinajstić information content (AvgIpc) is 3.49. The third-order valence-electron chi connectivity index (χ3n) is 6.43. The molecule has 2 aromatic rings. The Balaban J connectivity index is 1.57. The van der Waals surface area contributed by atoms with Crippen molar-refractivity contribution in [1.29, 1.82) is 0 Å². The van der Waals surface area contributed by atoms with Crippen LogP contribution in [0.5, 0.6) is 0 Å². The maximum atomic E-state index is 13.1. The summed E-state index contributed by atoms with van der Waals surface area (Å²) < 4.78 is 50.8. The van der Waals surface area contributed by atoms with Crippen molar-refractivity contribution in [2.45, 2.75) is 51.5 Å². The lowest BCUT2D eigenvalue weighted by Gasteiger charge is -2.16. The highest BCUT2D eigenvalue weighted by Gasteiger charge is 2.34. The van der Waals surface area contributed by atoms with Crippen LogP contribution >= 0.6 is 0 Å². The lowest BCUT2D eigenvalue weighted by Crippen LogP contribution is -2.32. The number of rotatable bonds is 9. The van der Waals surface area contributed by atoms with Gasteiger partial charge in [0.25, 0.3) is 5.91 Å². The minimum Gasteiger partial charge on any atom is -0.352 e. The molecule has 4 rings (SSSR count). The van der Waals surface area contributed by atoms with Crippen molar-refractivity contribution in [3.8, 4) is 0 Å². The summed E-state index contributed by atoms with van der Waals surface area (Å²) >= 11 is 0. The number of aromatic nitrogens is 3. The fraction of sp³-hybridized carbons (Fsp3) is 0.667. The summed E-state index contributed by atoms with van der Waals surface area (Å²) in [5.41, 5.74) is 2.53. The van der Waals surface area contributed by atoms with E-state index in [0.29, 0.717) is 54.1 Å². The van der Waals surface area contributed by atoms with Gasteiger partial charge in [-0.05, 0) is 45.6 Å². The van der Waals surface area contributed by atoms with Crippen molar-refractivity contribution in [3.05, 3.63) is 23.0 Å². The van der Waals surface area contributed by atoms with Gasteiger partial charge in [0.1, 0.15) is 0 Å². The fourth-order valence-corrected chi connectivity index (χ4v) is 6.82. The van der Waals surface area contributed by atoms with Crippen LogP contribution in [0, 0.1) is 6.92 Å². The molecule has 0 radical (unpaired) electrons. The van der Waals surface area contributed by atoms with E-state index < -0.39 is 19.9 Å². The van der Waals surface area contributed by atoms with Gasteiger partial charge in [0.05, 0.1) is 39.9 Å². The highest BCUT2D eigenvalue weighted by Crippen LogP contribution is 2.41. The summed E-state index contributed by atoms with van der Waals surface area (Å²) in [6.45, 7) is 4.06. The molecule has 10 nitrogen and oxygen atoms in total. The van der Waals surface area contributed by atoms with Gasteiger partial charge in [0.15, 0.2) is 15.5 Å². The fourth-order valence-electron chi connectivity index (χ4n) is 4.28. The van der Waals surface area contributed by atoms with E-state index in [9.17, 15) is 21.6 Å². The van der Waals surface area contributed by atoms with Crippen LogP contribution < -0.4 is 5.32 Å². The second kappa shape index (κ2) is 8.95. The molecule has 2 aliphatic rings. The van der Waals surface area contributed by atoms with Crippen molar-refractivity contribution in [3.63, 3.8) is 0 Å². The number of carbonyl (C=O) groups excluding carboxylic acids is 1. The summed E-state index contributed by atoms with van der Waals surface area (Å²) in [6, 6.07) is 1.55. The Kier molecular flexibility index (Phi) is 6.53. The van der Waals surface area contributed by atoms with Gasteiger partial charge in [-0.15, -0.1) is 0 Å². The molecule has 0 aromatic carbocycles. The van der Waals surface area contributed by atoms with Gasteiger partial charge >= 0.3 is 0 Å². The Hall–Kier alpha value is -2.05. The number of hydrogen-bond acceptors (Lipinski definition) is 7. The van der Waals surface area contributed by atoms with Crippen LogP contribution in [0.1, 0.15) is 66.3 Å². The molecule has 2 fully saturated rings. The number of nitrogens with zero attached hydrogens (tertiary/aromatic N) is 4. The second-order valence-electron chi connectivity index (χ2n) is 8.99. The number of sulfonamides is 1. The molecule has 2 aromatic heterocycles. The number of aryl methyl sites for hydroxylation is 1. The van der Waals surface area contributed by atoms with E-state index >= 15 is 0 Å². The van der Waals surface area contributed by atoms with Gasteiger partial charge in [-0.3, -0.25) is 4.79 Å². The third-order valence-corrected chi connectivity index (χ3v) is 10.0. The smallest absolute Gasteiger partial charge is 0.252 e. The van der Waals surface area contributed by atoms with E-state index in [4.69, 9.17) is 4.98 Å². The molecule has 12 heteroatoms. The maximum Gasteiger partial charge on any atom is 0.252 e. The van der Waals surface area contributed by atoms with Gasteiger partial charge in [-0.25, -0.2) is 30.8 Å². The standard InChI is InChI=1S/C21H31N5O5S2/c1-4-33(30,31)25(3)10-5-9-22-21(27)17-12-18(15-6-7-15)23-20-19(17)14(2)24-26(20)16-8-11-32(28,29)13-16/h12,15-16H,4-11,13H2,1-3H3,(H,22,27)/t16-/m1/s1. The predicted octanol–water partition coefficient (Wildman–Crippen LogP) is 1.38. The van der Waals surface area contributed by atoms with E-state index in [1.165, 1.54) is 11.4 Å². The number of nitrogens with one attached hydrogen (secondary N) is 1. The minimum absolute atomic E-state index is 0.0360. The number of fused-ring (bicyclic) bond motifs is 1. The number of carbonyl (C=O) groups is 1. The quantitative estimate of drug-likeness (QED) is 0.518. The lowest BCUT2D eigenvalue weighted by atomic mass is 10.1. The summed E-state index contributed by atoms with van der Waals surface area (Å²) in [6.07, 6.45) is 3.01. The second-order valence-corrected chi connectivity index (χ2v) is 13.6. The topological polar surface area (TPSA) is 131 Å². The first kappa shape index (κ1) is 24.1. The minimum atomic E-state index is -3.25. The molecule has 1 aliphatic carbocycles. The molecule has 1 atom stereocenters. The van der Waals surface area contributed by atoms with Crippen molar-refractivity contribution in [1.82, 2.24) is 24.4 Å². The maximum absolute atomic E-state index is 13.1. The molecule has 1 amide bonds. The van der Waals surface area contributed by atoms with Crippen LogP contribution in [0.4, 0.5) is 0 Å². The van der Waals surface area contributed by atoms with Crippen LogP contribution in [-0.4, -0.2) is 79.2 Å². The van der Waals surface area contributed by atoms with Crippen LogP contribution in [-0.2, 0) is 19.9 Å². The van der Waals surface area contributed by atoms with Crippen molar-refractivity contribution in [2.24, 2.45) is 0 Å². The molecule has 33 heavy (non-hydrogen) atoms. The molecule has 1 aliphatic heterocycles. The first-order chi connectivity index (χ1) is 15.5. The first-order valence-corrected chi connectivity index (χ1v) is 14.8. The molecule has 0 unspecified atom stereocenters. The SMILES string of the molecule is CCS(=O)(=O)N(C)CCCNC(=O)c1cc(C2CC2)nc2c1c(C)nn2[C@@H]1CCS(=O)(=O)C1. The monoisotopic (exact) mass is 497 g/mol. The van der Waals surface area contributed by atoms with E-state index in [1.807, 2.05) is 13.0 Å². The van der Waals surface area contributed by atoms with Crippen LogP contribution in [0.25, 0.3) is 11.0 Å². The first-order valence-electron chi connectivity index (χ1n) is 11.3. The predicted molar refractivity (Wildman–Crippen MR) is 126 cm³/mol. The zero-order valence-electron chi connectivity index (χ0n) is 19.2. The lowest BCUT2D eigenvalue weighted by molar-refractivity contribution is 0.0954. The van der Waals surface area contributed by atoms with Gasteiger partial charge in [0.2, 0.25) is 10.0 Å². The van der Waals surface area contributed by atoms with Crippen molar-refractivity contribution < 1.29 is 21.6 Å². The van der Waals surface area contributed by atoms with Crippen LogP contribution in [0.2, 0.25) is 0 Å². The number of amides is 1. The van der Waals surface area contributed by atoms with E-state index in [-0.39, 0.29) is 29.2 Å². The Bertz CT molecular complexity index is 1280. The van der Waals surface area contributed by atoms with Crippen molar-refractivity contribution in [2.75, 3.05) is 37.4 Å². The largest absolute Gasteiger partial charge is 0.352 e. The van der Waals surface area contributed by atoms with E-state index in [1.54, 1.807) is 11.6 Å². The number of hydrogen-bond donors (Lipinski definition) is 1. The normalized spacial score (nSPS) is 20.5. The van der Waals surface area contributed by atoms with E-state index in [0.717, 1.165) is 18.5 Å². The summed E-state index contributed by atoms with van der Waals surface area (Å²) in [4.78, 5) is 17.9. The molecule has 182 valence electrons. The van der Waals surface area contributed by atoms with Crippen LogP contribution in [0.15, 0.2) is 6.07 Å². The molecule has 0 bridgehead atoms. The average molecular weight is 498 g/mol. The Labute approximate surface area is 194 Å². The number of pyridine rings is 1. The van der Waals surface area contributed by atoms with Crippen LogP contribution in [0.3, 0.4) is 0 Å². The summed E-state index contributed by atoms with van der Waals surface area (Å²) in [7, 11) is -4.80. The Morgan fingerprint density at radius 2 is 2.03 bits per heavy atom. The molecular weight excluding hydrogens is 466 g/mol. The Morgan fingerprint density at radius 3 is 2.64 bits per heavy atom. The highest BCUT2D eigenvalue weighted by molar-refractivity contribution is 7.91. The third kappa shape index (κ3) is 5.07. The van der Waals surface area contributed by atoms with E-state index in [2.05, 4.69) is 10.4 Å². The summed E-state index contributed by atoms with van der Waals surface area (Å²) in [5, 5.41) is 8.14. The van der Waals surface area contributed by atoms with Crippen molar-refractivity contribution >= 4 is 36.8 Å². The zero-order chi connectivity index (χ0) is 24.0. The molecular formula is C21H31N5O5S2. The Morgan fingerprint density at radius 1 is 1.30 bits per heavy atom. The summed E-state index contributed by atoms with van der Waals surface area (Å²) in [5.74, 6) is 0.265. The molecule has 0 spiro atoms.